The largest absolute Gasteiger partial charge is 0.497 e. The molecule has 2 N–H and O–H groups in total. The quantitative estimate of drug-likeness (QED) is 0.746. The molecule has 5 heteroatoms. The van der Waals surface area contributed by atoms with Crippen LogP contribution in [0.3, 0.4) is 0 Å². The fraction of sp³-hybridized carbons (Fsp3) is 0.500. The summed E-state index contributed by atoms with van der Waals surface area (Å²) in [4.78, 5) is 24.1. The Balaban J connectivity index is 1.53. The molecule has 0 heterocycles. The molecule has 0 spiro atoms. The Morgan fingerprint density at radius 1 is 1.20 bits per heavy atom. The van der Waals surface area contributed by atoms with Crippen molar-refractivity contribution >= 4 is 11.9 Å². The lowest BCUT2D eigenvalue weighted by molar-refractivity contribution is -0.147. The number of aliphatic carboxylic acids is 1. The zero-order valence-electron chi connectivity index (χ0n) is 14.6. The van der Waals surface area contributed by atoms with Gasteiger partial charge >= 0.3 is 5.97 Å². The van der Waals surface area contributed by atoms with Gasteiger partial charge < -0.3 is 15.2 Å². The van der Waals surface area contributed by atoms with Gasteiger partial charge in [0.1, 0.15) is 5.75 Å². The predicted octanol–water partition coefficient (Wildman–Crippen LogP) is 2.51. The van der Waals surface area contributed by atoms with Gasteiger partial charge in [-0.25, -0.2) is 0 Å². The van der Waals surface area contributed by atoms with Gasteiger partial charge in [0.2, 0.25) is 5.91 Å². The van der Waals surface area contributed by atoms with Gasteiger partial charge in [0.05, 0.1) is 18.9 Å². The maximum atomic E-state index is 12.6. The number of fused-ring (bicyclic) bond motifs is 2. The van der Waals surface area contributed by atoms with Crippen LogP contribution in [0.1, 0.15) is 18.9 Å². The molecule has 0 radical (unpaired) electrons. The van der Waals surface area contributed by atoms with Crippen LogP contribution < -0.4 is 10.1 Å². The Morgan fingerprint density at radius 3 is 2.44 bits per heavy atom. The minimum atomic E-state index is -0.858. The molecule has 5 unspecified atom stereocenters. The third-order valence-corrected chi connectivity index (χ3v) is 5.42. The second-order valence-corrected chi connectivity index (χ2v) is 7.24. The average Bonchev–Trinajstić information content (AvgIpc) is 3.21. The fourth-order valence-electron chi connectivity index (χ4n) is 4.15. The van der Waals surface area contributed by atoms with E-state index < -0.39 is 17.8 Å². The number of hydrogen-bond donors (Lipinski definition) is 2. The first-order valence-corrected chi connectivity index (χ1v) is 8.81. The summed E-state index contributed by atoms with van der Waals surface area (Å²) >= 11 is 0. The Bertz CT molecular complexity index is 667. The van der Waals surface area contributed by atoms with Crippen LogP contribution in [-0.4, -0.2) is 30.6 Å². The van der Waals surface area contributed by atoms with E-state index in [9.17, 15) is 14.7 Å². The minimum absolute atomic E-state index is 0.00923. The summed E-state index contributed by atoms with van der Waals surface area (Å²) in [5, 5.41) is 12.4. The molecule has 2 bridgehead atoms. The molecule has 3 rings (SSSR count). The van der Waals surface area contributed by atoms with Crippen molar-refractivity contribution in [1.82, 2.24) is 5.32 Å². The normalized spacial score (nSPS) is 27.9. The van der Waals surface area contributed by atoms with E-state index in [2.05, 4.69) is 12.2 Å². The van der Waals surface area contributed by atoms with E-state index in [0.29, 0.717) is 6.54 Å². The number of amides is 1. The second-order valence-electron chi connectivity index (χ2n) is 7.24. The van der Waals surface area contributed by atoms with Gasteiger partial charge in [0.25, 0.3) is 0 Å². The van der Waals surface area contributed by atoms with Crippen LogP contribution in [0.25, 0.3) is 0 Å². The molecular weight excluding hydrogens is 318 g/mol. The Labute approximate surface area is 148 Å². The number of hydrogen-bond acceptors (Lipinski definition) is 3. The molecule has 5 atom stereocenters. The van der Waals surface area contributed by atoms with Crippen molar-refractivity contribution in [2.75, 3.05) is 13.7 Å². The molecule has 0 aliphatic heterocycles. The van der Waals surface area contributed by atoms with Gasteiger partial charge in [-0.05, 0) is 48.3 Å². The molecule has 1 amide bonds. The summed E-state index contributed by atoms with van der Waals surface area (Å²) in [5.74, 6) is -0.803. The molecule has 0 aromatic heterocycles. The average molecular weight is 343 g/mol. The summed E-state index contributed by atoms with van der Waals surface area (Å²) in [7, 11) is 1.64. The maximum Gasteiger partial charge on any atom is 0.307 e. The van der Waals surface area contributed by atoms with Crippen LogP contribution in [0, 0.1) is 29.6 Å². The minimum Gasteiger partial charge on any atom is -0.497 e. The maximum absolute atomic E-state index is 12.6. The van der Waals surface area contributed by atoms with Crippen molar-refractivity contribution in [2.45, 2.75) is 19.8 Å². The van der Waals surface area contributed by atoms with Crippen LogP contribution in [0.5, 0.6) is 5.75 Å². The van der Waals surface area contributed by atoms with E-state index in [1.54, 1.807) is 7.11 Å². The summed E-state index contributed by atoms with van der Waals surface area (Å²) in [5.41, 5.74) is 1.19. The third-order valence-electron chi connectivity index (χ3n) is 5.42. The number of methoxy groups -OCH3 is 1. The van der Waals surface area contributed by atoms with E-state index in [4.69, 9.17) is 4.74 Å². The van der Waals surface area contributed by atoms with Gasteiger partial charge in [0, 0.05) is 6.54 Å². The van der Waals surface area contributed by atoms with Crippen molar-refractivity contribution in [3.8, 4) is 5.75 Å². The molecule has 1 saturated carbocycles. The first-order chi connectivity index (χ1) is 12.0. The smallest absolute Gasteiger partial charge is 0.307 e. The van der Waals surface area contributed by atoms with Crippen LogP contribution in [0.15, 0.2) is 36.4 Å². The van der Waals surface area contributed by atoms with Crippen LogP contribution in [0.4, 0.5) is 0 Å². The summed E-state index contributed by atoms with van der Waals surface area (Å²) in [6.07, 6.45) is 5.61. The Morgan fingerprint density at radius 2 is 1.84 bits per heavy atom. The highest BCUT2D eigenvalue weighted by molar-refractivity contribution is 5.86. The highest BCUT2D eigenvalue weighted by atomic mass is 16.5. The zero-order valence-corrected chi connectivity index (χ0v) is 14.6. The monoisotopic (exact) mass is 343 g/mol. The molecular formula is C20H25NO4. The van der Waals surface area contributed by atoms with Crippen LogP contribution in [-0.2, 0) is 16.0 Å². The van der Waals surface area contributed by atoms with Gasteiger partial charge in [-0.3, -0.25) is 9.59 Å². The van der Waals surface area contributed by atoms with E-state index >= 15 is 0 Å². The first kappa shape index (κ1) is 17.5. The van der Waals surface area contributed by atoms with Crippen LogP contribution in [0.2, 0.25) is 0 Å². The SMILES string of the molecule is COc1ccc(CC(C)CNC(=O)C2C3C=CC(C3)C2C(=O)O)cc1. The van der Waals surface area contributed by atoms with Crippen molar-refractivity contribution in [2.24, 2.45) is 29.6 Å². The van der Waals surface area contributed by atoms with E-state index in [-0.39, 0.29) is 23.7 Å². The topological polar surface area (TPSA) is 75.6 Å². The third kappa shape index (κ3) is 3.70. The molecule has 5 nitrogen and oxygen atoms in total. The summed E-state index contributed by atoms with van der Waals surface area (Å²) in [6, 6.07) is 7.91. The molecule has 2 aliphatic carbocycles. The second kappa shape index (κ2) is 7.30. The predicted molar refractivity (Wildman–Crippen MR) is 94.2 cm³/mol. The zero-order chi connectivity index (χ0) is 18.0. The highest BCUT2D eigenvalue weighted by Gasteiger charge is 2.51. The number of carboxylic acids is 1. The Hall–Kier alpha value is -2.30. The van der Waals surface area contributed by atoms with Gasteiger partial charge in [-0.2, -0.15) is 0 Å². The number of ether oxygens (including phenoxy) is 1. The van der Waals surface area contributed by atoms with Crippen molar-refractivity contribution in [3.05, 3.63) is 42.0 Å². The number of allylic oxidation sites excluding steroid dienone is 2. The fourth-order valence-corrected chi connectivity index (χ4v) is 4.15. The highest BCUT2D eigenvalue weighted by Crippen LogP contribution is 2.48. The summed E-state index contributed by atoms with van der Waals surface area (Å²) < 4.78 is 5.15. The van der Waals surface area contributed by atoms with Crippen LogP contribution >= 0.6 is 0 Å². The number of rotatable bonds is 7. The van der Waals surface area contributed by atoms with Crippen molar-refractivity contribution in [3.63, 3.8) is 0 Å². The molecule has 25 heavy (non-hydrogen) atoms. The van der Waals surface area contributed by atoms with Gasteiger partial charge in [0.15, 0.2) is 0 Å². The van der Waals surface area contributed by atoms with E-state index in [1.807, 2.05) is 36.4 Å². The molecule has 1 aromatic carbocycles. The number of benzene rings is 1. The molecule has 2 aliphatic rings. The lowest BCUT2D eigenvalue weighted by atomic mass is 9.82. The lowest BCUT2D eigenvalue weighted by Crippen LogP contribution is -2.41. The number of carbonyl (C=O) groups excluding carboxylic acids is 1. The number of nitrogens with one attached hydrogen (secondary N) is 1. The molecule has 0 saturated heterocycles. The first-order valence-electron chi connectivity index (χ1n) is 8.81. The molecule has 1 fully saturated rings. The van der Waals surface area contributed by atoms with E-state index in [0.717, 1.165) is 18.6 Å². The standard InChI is InChI=1S/C20H25NO4/c1-12(9-13-3-7-16(25-2)8-4-13)11-21-19(22)17-14-5-6-15(10-14)18(17)20(23)24/h3-8,12,14-15,17-18H,9-11H2,1-2H3,(H,21,22)(H,23,24). The van der Waals surface area contributed by atoms with Crippen molar-refractivity contribution < 1.29 is 19.4 Å². The Kier molecular flexibility index (Phi) is 5.11. The molecule has 134 valence electrons. The van der Waals surface area contributed by atoms with E-state index in [1.165, 1.54) is 5.56 Å². The van der Waals surface area contributed by atoms with Gasteiger partial charge in [-0.1, -0.05) is 31.2 Å². The van der Waals surface area contributed by atoms with Gasteiger partial charge in [-0.15, -0.1) is 0 Å². The van der Waals surface area contributed by atoms with Crippen molar-refractivity contribution in [1.29, 1.82) is 0 Å². The lowest BCUT2D eigenvalue weighted by Gasteiger charge is -2.24. The number of carboxylic acid groups (broad SMARTS) is 1. The number of carbonyl (C=O) groups is 2. The molecule has 1 aromatic rings. The summed E-state index contributed by atoms with van der Waals surface area (Å²) in [6.45, 7) is 2.63.